The van der Waals surface area contributed by atoms with Crippen LogP contribution in [0.15, 0.2) is 315 Å². The maximum atomic E-state index is 5.01. The molecular formula is C78H52N8. The van der Waals surface area contributed by atoms with Crippen molar-refractivity contribution in [3.8, 4) is 33.9 Å². The second-order valence-corrected chi connectivity index (χ2v) is 22.2. The van der Waals surface area contributed by atoms with Crippen LogP contribution >= 0.6 is 0 Å². The van der Waals surface area contributed by atoms with Crippen molar-refractivity contribution in [2.24, 2.45) is 0 Å². The number of fused-ring (bicyclic) bond motifs is 10. The first-order chi connectivity index (χ1) is 42.7. The van der Waals surface area contributed by atoms with Gasteiger partial charge in [-0.2, -0.15) is 0 Å². The van der Waals surface area contributed by atoms with E-state index in [1.54, 1.807) is 0 Å². The van der Waals surface area contributed by atoms with E-state index in [9.17, 15) is 0 Å². The highest BCUT2D eigenvalue weighted by atomic mass is 15.3. The monoisotopic (exact) mass is 1100 g/mol. The molecule has 3 aromatic heterocycles. The molecule has 0 amide bonds. The van der Waals surface area contributed by atoms with Gasteiger partial charge in [0.25, 0.3) is 0 Å². The minimum Gasteiger partial charge on any atom is -0.310 e. The Hall–Kier alpha value is -11.5. The maximum Gasteiger partial charge on any atom is 0.207 e. The fourth-order valence-electron chi connectivity index (χ4n) is 14.3. The summed E-state index contributed by atoms with van der Waals surface area (Å²) < 4.78 is 4.30. The van der Waals surface area contributed by atoms with Gasteiger partial charge in [-0.1, -0.05) is 231 Å². The SMILES string of the molecule is c1ccc(-c2ccc3c(c2)n2c(-c4ccc(N5c6ccccc6C(c6ccccc6)(c6ccccc6)c6ccccc65)cc4)nnc2c2nnc(-c4ccc(N5c6ccccc6C(c6ccccc6)(c6ccccc6)c6ccccc65)cc4)n32)cc1. The molecule has 17 rings (SSSR count). The van der Waals surface area contributed by atoms with Crippen molar-refractivity contribution in [3.05, 3.63) is 360 Å². The van der Waals surface area contributed by atoms with Crippen molar-refractivity contribution >= 4 is 56.5 Å². The van der Waals surface area contributed by atoms with Crippen LogP contribution in [0.3, 0.4) is 0 Å². The molecule has 2 aliphatic rings. The van der Waals surface area contributed by atoms with Gasteiger partial charge in [0.1, 0.15) is 0 Å². The molecule has 0 saturated carbocycles. The summed E-state index contributed by atoms with van der Waals surface area (Å²) in [5.74, 6) is 1.41. The smallest absolute Gasteiger partial charge is 0.207 e. The molecule has 0 N–H and O–H groups in total. The zero-order valence-corrected chi connectivity index (χ0v) is 46.6. The van der Waals surface area contributed by atoms with E-state index < -0.39 is 10.8 Å². The Morgan fingerprint density at radius 2 is 0.535 bits per heavy atom. The van der Waals surface area contributed by atoms with E-state index in [4.69, 9.17) is 20.4 Å². The third-order valence-corrected chi connectivity index (χ3v) is 17.9. The zero-order chi connectivity index (χ0) is 56.8. The van der Waals surface area contributed by atoms with Gasteiger partial charge >= 0.3 is 0 Å². The van der Waals surface area contributed by atoms with Crippen molar-refractivity contribution in [1.29, 1.82) is 0 Å². The number of para-hydroxylation sites is 4. The van der Waals surface area contributed by atoms with Crippen LogP contribution in [0.25, 0.3) is 56.2 Å². The van der Waals surface area contributed by atoms with E-state index >= 15 is 0 Å². The van der Waals surface area contributed by atoms with Gasteiger partial charge in [-0.25, -0.2) is 0 Å². The zero-order valence-electron chi connectivity index (χ0n) is 46.6. The summed E-state index contributed by atoms with van der Waals surface area (Å²) in [6.07, 6.45) is 0. The number of hydrogen-bond donors (Lipinski definition) is 0. The summed E-state index contributed by atoms with van der Waals surface area (Å²) in [4.78, 5) is 4.81. The number of anilines is 6. The first-order valence-corrected chi connectivity index (χ1v) is 29.2. The lowest BCUT2D eigenvalue weighted by atomic mass is 9.62. The van der Waals surface area contributed by atoms with E-state index in [-0.39, 0.29) is 0 Å². The highest BCUT2D eigenvalue weighted by Crippen LogP contribution is 2.59. The summed E-state index contributed by atoms with van der Waals surface area (Å²) >= 11 is 0. The molecule has 2 aliphatic heterocycles. The molecule has 86 heavy (non-hydrogen) atoms. The Kier molecular flexibility index (Phi) is 11.2. The minimum absolute atomic E-state index is 0.558. The highest BCUT2D eigenvalue weighted by Gasteiger charge is 2.48. The Bertz CT molecular complexity index is 4870. The van der Waals surface area contributed by atoms with Crippen LogP contribution in [0.1, 0.15) is 44.5 Å². The van der Waals surface area contributed by atoms with Crippen LogP contribution < -0.4 is 9.80 Å². The van der Waals surface area contributed by atoms with Crippen molar-refractivity contribution in [2.45, 2.75) is 10.8 Å². The van der Waals surface area contributed by atoms with Gasteiger partial charge in [-0.15, -0.1) is 20.4 Å². The Balaban J connectivity index is 0.787. The molecular weight excluding hydrogens is 1050 g/mol. The lowest BCUT2D eigenvalue weighted by molar-refractivity contribution is 0.731. The summed E-state index contributed by atoms with van der Waals surface area (Å²) in [5, 5.41) is 19.9. The molecule has 0 spiro atoms. The topological polar surface area (TPSA) is 66.9 Å². The molecule has 0 unspecified atom stereocenters. The molecule has 5 heterocycles. The number of rotatable bonds is 9. The first-order valence-electron chi connectivity index (χ1n) is 29.2. The van der Waals surface area contributed by atoms with Gasteiger partial charge in [0.2, 0.25) is 11.3 Å². The van der Waals surface area contributed by atoms with E-state index in [2.05, 4.69) is 334 Å². The lowest BCUT2D eigenvalue weighted by Gasteiger charge is -2.46. The fraction of sp³-hybridized carbons (Fsp3) is 0.0256. The molecule has 0 atom stereocenters. The quantitative estimate of drug-likeness (QED) is 0.143. The number of nitrogens with zero attached hydrogens (tertiary/aromatic N) is 8. The summed E-state index contributed by atoms with van der Waals surface area (Å²) in [7, 11) is 0. The van der Waals surface area contributed by atoms with E-state index in [0.717, 1.165) is 67.4 Å². The Morgan fingerprint density at radius 3 is 0.895 bits per heavy atom. The number of benzene rings is 12. The van der Waals surface area contributed by atoms with E-state index in [1.807, 2.05) is 0 Å². The van der Waals surface area contributed by atoms with Gasteiger partial charge in [0, 0.05) is 22.5 Å². The summed E-state index contributed by atoms with van der Waals surface area (Å²) in [6, 6.07) is 114. The molecule has 0 aliphatic carbocycles. The molecule has 0 radical (unpaired) electrons. The van der Waals surface area contributed by atoms with E-state index in [1.165, 1.54) is 44.5 Å². The van der Waals surface area contributed by atoms with Crippen LogP contribution in [-0.2, 0) is 10.8 Å². The first kappa shape index (κ1) is 49.2. The van der Waals surface area contributed by atoms with Crippen LogP contribution in [0.4, 0.5) is 34.1 Å². The second kappa shape index (κ2) is 19.6. The van der Waals surface area contributed by atoms with Crippen molar-refractivity contribution < 1.29 is 0 Å². The molecule has 0 saturated heterocycles. The van der Waals surface area contributed by atoms with Crippen molar-refractivity contribution in [2.75, 3.05) is 9.80 Å². The molecule has 8 nitrogen and oxygen atoms in total. The van der Waals surface area contributed by atoms with E-state index in [0.29, 0.717) is 22.9 Å². The normalized spacial score (nSPS) is 13.7. The predicted molar refractivity (Wildman–Crippen MR) is 346 cm³/mol. The lowest BCUT2D eigenvalue weighted by Crippen LogP contribution is -2.37. The second-order valence-electron chi connectivity index (χ2n) is 22.2. The Morgan fingerprint density at radius 1 is 0.233 bits per heavy atom. The van der Waals surface area contributed by atoms with Gasteiger partial charge in [-0.3, -0.25) is 8.80 Å². The third-order valence-electron chi connectivity index (χ3n) is 17.9. The molecule has 8 heteroatoms. The van der Waals surface area contributed by atoms with Crippen LogP contribution in [0.5, 0.6) is 0 Å². The summed E-state index contributed by atoms with van der Waals surface area (Å²) in [6.45, 7) is 0. The van der Waals surface area contributed by atoms with Crippen LogP contribution in [0, 0.1) is 0 Å². The number of hydrogen-bond acceptors (Lipinski definition) is 6. The molecule has 12 aromatic carbocycles. The summed E-state index contributed by atoms with van der Waals surface area (Å²) in [5.41, 5.74) is 22.2. The standard InChI is InChI=1S/C78H52N8/c1-6-24-53(25-7-1)56-46-51-71-72(52-56)86-74(55-44-49-62(50-45-55)84-69-40-22-18-36-65(69)78(59-30-12-4-13-31-59,60-32-14-5-15-33-60)66-37-19-23-41-70(66)84)80-82-76(86)75-81-79-73(85(71)75)54-42-47-61(48-43-54)83-67-38-20-16-34-63(67)77(57-26-8-2-9-27-57,58-28-10-3-11-29-58)64-35-17-21-39-68(64)83/h1-52H. The average Bonchev–Trinajstić information content (AvgIpc) is 0.888. The predicted octanol–water partition coefficient (Wildman–Crippen LogP) is 18.3. The number of aromatic nitrogens is 6. The van der Waals surface area contributed by atoms with Crippen LogP contribution in [-0.4, -0.2) is 29.2 Å². The largest absolute Gasteiger partial charge is 0.310 e. The maximum absolute atomic E-state index is 5.01. The van der Waals surface area contributed by atoms with Crippen molar-refractivity contribution in [3.63, 3.8) is 0 Å². The van der Waals surface area contributed by atoms with Crippen molar-refractivity contribution in [1.82, 2.24) is 29.2 Å². The van der Waals surface area contributed by atoms with Gasteiger partial charge < -0.3 is 9.80 Å². The minimum atomic E-state index is -0.559. The average molecular weight is 1100 g/mol. The molecule has 15 aromatic rings. The third kappa shape index (κ3) is 7.17. The molecule has 0 bridgehead atoms. The molecule has 0 fully saturated rings. The highest BCUT2D eigenvalue weighted by molar-refractivity contribution is 5.95. The fourth-order valence-corrected chi connectivity index (χ4v) is 14.3. The van der Waals surface area contributed by atoms with Crippen LogP contribution in [0.2, 0.25) is 0 Å². The molecule has 404 valence electrons. The Labute approximate surface area is 497 Å². The van der Waals surface area contributed by atoms with Gasteiger partial charge in [0.05, 0.1) is 44.6 Å². The van der Waals surface area contributed by atoms with Gasteiger partial charge in [0.15, 0.2) is 11.6 Å². The van der Waals surface area contributed by atoms with Gasteiger partial charge in [-0.05, 0) is 141 Å².